The summed E-state index contributed by atoms with van der Waals surface area (Å²) < 4.78 is 16.9. The van der Waals surface area contributed by atoms with E-state index in [1.54, 1.807) is 0 Å². The molecule has 0 radical (unpaired) electrons. The first-order valence-corrected chi connectivity index (χ1v) is 33.3. The van der Waals surface area contributed by atoms with E-state index < -0.39 is 12.1 Å². The molecular formula is C77H120O6. The van der Waals surface area contributed by atoms with Gasteiger partial charge in [-0.1, -0.05) is 287 Å². The fraction of sp³-hybridized carbons (Fsp3) is 0.571. The number of hydrogen-bond acceptors (Lipinski definition) is 6. The van der Waals surface area contributed by atoms with E-state index in [-0.39, 0.29) is 31.6 Å². The molecule has 6 heteroatoms. The van der Waals surface area contributed by atoms with E-state index in [0.717, 1.165) is 148 Å². The minimum atomic E-state index is -0.836. The summed E-state index contributed by atoms with van der Waals surface area (Å²) in [7, 11) is 0. The molecule has 0 heterocycles. The molecular weight excluding hydrogens is 1020 g/mol. The molecule has 1 unspecified atom stereocenters. The van der Waals surface area contributed by atoms with Crippen molar-refractivity contribution in [1.82, 2.24) is 0 Å². The summed E-state index contributed by atoms with van der Waals surface area (Å²) in [5.74, 6) is -1.03. The Hall–Kier alpha value is -5.49. The van der Waals surface area contributed by atoms with Gasteiger partial charge in [-0.3, -0.25) is 14.4 Å². The van der Waals surface area contributed by atoms with E-state index in [4.69, 9.17) is 14.2 Å². The van der Waals surface area contributed by atoms with Gasteiger partial charge in [-0.25, -0.2) is 0 Å². The van der Waals surface area contributed by atoms with E-state index in [0.29, 0.717) is 19.3 Å². The Labute approximate surface area is 510 Å². The molecule has 0 amide bonds. The fourth-order valence-electron chi connectivity index (χ4n) is 8.55. The number of allylic oxidation sites excluding steroid dienone is 30. The second-order valence-electron chi connectivity index (χ2n) is 21.2. The molecule has 0 aliphatic carbocycles. The topological polar surface area (TPSA) is 78.9 Å². The van der Waals surface area contributed by atoms with Crippen LogP contribution in [0.4, 0.5) is 0 Å². The molecule has 83 heavy (non-hydrogen) atoms. The van der Waals surface area contributed by atoms with Crippen molar-refractivity contribution < 1.29 is 28.6 Å². The van der Waals surface area contributed by atoms with Crippen LogP contribution in [0.3, 0.4) is 0 Å². The molecule has 0 rings (SSSR count). The maximum atomic E-state index is 12.9. The molecule has 0 fully saturated rings. The molecule has 0 bridgehead atoms. The van der Waals surface area contributed by atoms with Crippen LogP contribution in [0, 0.1) is 0 Å². The predicted octanol–water partition coefficient (Wildman–Crippen LogP) is 23.2. The molecule has 0 saturated carbocycles. The van der Waals surface area contributed by atoms with Crippen molar-refractivity contribution in [2.45, 2.75) is 271 Å². The maximum Gasteiger partial charge on any atom is 0.306 e. The van der Waals surface area contributed by atoms with Crippen LogP contribution in [0.15, 0.2) is 182 Å². The monoisotopic (exact) mass is 1140 g/mol. The normalized spacial score (nSPS) is 13.3. The highest BCUT2D eigenvalue weighted by Crippen LogP contribution is 2.15. The Morgan fingerprint density at radius 2 is 0.458 bits per heavy atom. The molecule has 0 N–H and O–H groups in total. The van der Waals surface area contributed by atoms with Crippen molar-refractivity contribution >= 4 is 17.9 Å². The third-order valence-corrected chi connectivity index (χ3v) is 13.4. The van der Waals surface area contributed by atoms with Crippen LogP contribution in [0.1, 0.15) is 265 Å². The van der Waals surface area contributed by atoms with Gasteiger partial charge < -0.3 is 14.2 Å². The Morgan fingerprint density at radius 1 is 0.241 bits per heavy atom. The summed E-state index contributed by atoms with van der Waals surface area (Å²) in [6.07, 6.45) is 103. The lowest BCUT2D eigenvalue weighted by Crippen LogP contribution is -2.30. The minimum absolute atomic E-state index is 0.122. The van der Waals surface area contributed by atoms with Crippen LogP contribution in [0.2, 0.25) is 0 Å². The van der Waals surface area contributed by atoms with Crippen LogP contribution >= 0.6 is 0 Å². The summed E-state index contributed by atoms with van der Waals surface area (Å²) in [4.78, 5) is 38.4. The lowest BCUT2D eigenvalue weighted by atomic mass is 10.1. The number of rotatable bonds is 58. The van der Waals surface area contributed by atoms with Crippen LogP contribution in [0.5, 0.6) is 0 Å². The average Bonchev–Trinajstić information content (AvgIpc) is 3.49. The Bertz CT molecular complexity index is 1940. The van der Waals surface area contributed by atoms with Crippen molar-refractivity contribution in [1.29, 1.82) is 0 Å². The highest BCUT2D eigenvalue weighted by Gasteiger charge is 2.19. The van der Waals surface area contributed by atoms with Gasteiger partial charge >= 0.3 is 17.9 Å². The minimum Gasteiger partial charge on any atom is -0.462 e. The van der Waals surface area contributed by atoms with Gasteiger partial charge in [0.25, 0.3) is 0 Å². The van der Waals surface area contributed by atoms with Crippen LogP contribution in [0.25, 0.3) is 0 Å². The van der Waals surface area contributed by atoms with Crippen molar-refractivity contribution in [2.75, 3.05) is 13.2 Å². The van der Waals surface area contributed by atoms with E-state index in [2.05, 4.69) is 191 Å². The Kier molecular flexibility index (Phi) is 64.4. The lowest BCUT2D eigenvalue weighted by Gasteiger charge is -2.18. The molecule has 0 aliphatic rings. The number of unbranched alkanes of at least 4 members (excludes halogenated alkanes) is 17. The average molecular weight is 1140 g/mol. The van der Waals surface area contributed by atoms with Crippen LogP contribution in [-0.4, -0.2) is 37.2 Å². The largest absolute Gasteiger partial charge is 0.462 e. The Morgan fingerprint density at radius 3 is 0.723 bits per heavy atom. The molecule has 0 spiro atoms. The number of hydrogen-bond donors (Lipinski definition) is 0. The summed E-state index contributed by atoms with van der Waals surface area (Å²) in [5.41, 5.74) is 0. The van der Waals surface area contributed by atoms with Gasteiger partial charge in [-0.2, -0.15) is 0 Å². The number of ether oxygens (including phenoxy) is 3. The molecule has 6 nitrogen and oxygen atoms in total. The quantitative estimate of drug-likeness (QED) is 0.0261. The van der Waals surface area contributed by atoms with Crippen molar-refractivity contribution in [3.8, 4) is 0 Å². The van der Waals surface area contributed by atoms with Gasteiger partial charge in [0.2, 0.25) is 0 Å². The fourth-order valence-corrected chi connectivity index (χ4v) is 8.55. The smallest absolute Gasteiger partial charge is 0.306 e. The second-order valence-corrected chi connectivity index (χ2v) is 21.2. The maximum absolute atomic E-state index is 12.9. The van der Waals surface area contributed by atoms with Gasteiger partial charge in [0.05, 0.1) is 0 Å². The molecule has 0 aliphatic heterocycles. The lowest BCUT2D eigenvalue weighted by molar-refractivity contribution is -0.166. The first-order chi connectivity index (χ1) is 41.0. The first-order valence-electron chi connectivity index (χ1n) is 33.3. The predicted molar refractivity (Wildman–Crippen MR) is 361 cm³/mol. The highest BCUT2D eigenvalue weighted by atomic mass is 16.6. The van der Waals surface area contributed by atoms with Crippen molar-refractivity contribution in [2.24, 2.45) is 0 Å². The first kappa shape index (κ1) is 77.5. The SMILES string of the molecule is CC/C=C\C/C=C\C/C=C\C/C=C\C/C=C\C/C=C\CCCCCCCCCCCCC(=O)OCC(COC(=O)CCCCCCCCC/C=C\C/C=C\C/C=C\CC)OC(=O)CC/C=C\C/C=C\C/C=C\C/C=C\C/C=C\C/C=C\CC. The summed E-state index contributed by atoms with van der Waals surface area (Å²) in [6.45, 7) is 6.23. The zero-order chi connectivity index (χ0) is 59.9. The zero-order valence-electron chi connectivity index (χ0n) is 53.1. The number of carbonyl (C=O) groups excluding carboxylic acids is 3. The van der Waals surface area contributed by atoms with Crippen LogP contribution in [-0.2, 0) is 28.6 Å². The highest BCUT2D eigenvalue weighted by molar-refractivity contribution is 5.71. The molecule has 0 aromatic carbocycles. The third kappa shape index (κ3) is 67.2. The molecule has 0 aromatic heterocycles. The molecule has 464 valence electrons. The molecule has 0 aromatic rings. The van der Waals surface area contributed by atoms with E-state index in [9.17, 15) is 14.4 Å². The van der Waals surface area contributed by atoms with Gasteiger partial charge in [0.1, 0.15) is 13.2 Å². The summed E-state index contributed by atoms with van der Waals surface area (Å²) in [5, 5.41) is 0. The summed E-state index contributed by atoms with van der Waals surface area (Å²) >= 11 is 0. The van der Waals surface area contributed by atoms with E-state index >= 15 is 0 Å². The zero-order valence-corrected chi connectivity index (χ0v) is 53.1. The molecule has 0 saturated heterocycles. The van der Waals surface area contributed by atoms with Crippen molar-refractivity contribution in [3.05, 3.63) is 182 Å². The Balaban J connectivity index is 4.47. The van der Waals surface area contributed by atoms with E-state index in [1.807, 2.05) is 12.2 Å². The van der Waals surface area contributed by atoms with Gasteiger partial charge in [-0.15, -0.1) is 0 Å². The summed E-state index contributed by atoms with van der Waals surface area (Å²) in [6, 6.07) is 0. The van der Waals surface area contributed by atoms with Crippen LogP contribution < -0.4 is 0 Å². The number of esters is 3. The number of carbonyl (C=O) groups is 3. The van der Waals surface area contributed by atoms with E-state index in [1.165, 1.54) is 70.6 Å². The van der Waals surface area contributed by atoms with Gasteiger partial charge in [0.15, 0.2) is 6.10 Å². The van der Waals surface area contributed by atoms with Gasteiger partial charge in [0, 0.05) is 19.3 Å². The second kappa shape index (κ2) is 69.0. The third-order valence-electron chi connectivity index (χ3n) is 13.4. The van der Waals surface area contributed by atoms with Crippen molar-refractivity contribution in [3.63, 3.8) is 0 Å². The van der Waals surface area contributed by atoms with Gasteiger partial charge in [-0.05, 0) is 141 Å². The standard InChI is InChI=1S/C77H120O6/c1-4-7-10-13-16-19-22-25-28-31-33-34-35-36-37-38-39-40-41-42-44-46-49-52-55-58-61-64-67-70-76(79)82-73-74(72-81-75(78)69-66-63-60-57-54-51-48-45-30-27-24-21-18-15-12-9-6-3)83-77(80)71-68-65-62-59-56-53-50-47-43-32-29-26-23-20-17-14-11-8-5-2/h7-12,16-21,25-30,33-34,36-37,39-40,43,47,53,56,62,65,74H,4-6,13-15,22-24,31-32,35,38,41-42,44-46,48-52,54-55,57-61,63-64,66-73H2,1-3H3/b10-7-,11-8-,12-9-,19-16-,20-17-,21-18-,28-25-,29-26-,30-27-,34-33-,37-36-,40-39-,47-43-,56-53-,65-62-. The molecule has 1 atom stereocenters.